The third-order valence-electron chi connectivity index (χ3n) is 4.59. The Labute approximate surface area is 120 Å². The summed E-state index contributed by atoms with van der Waals surface area (Å²) in [6.45, 7) is 0. The van der Waals surface area contributed by atoms with E-state index in [-0.39, 0.29) is 17.6 Å². The Bertz CT molecular complexity index is 542. The summed E-state index contributed by atoms with van der Waals surface area (Å²) in [4.78, 5) is 23.8. The van der Waals surface area contributed by atoms with Gasteiger partial charge in [-0.25, -0.2) is 0 Å². The van der Waals surface area contributed by atoms with E-state index in [0.717, 1.165) is 29.2 Å². The maximum atomic E-state index is 12.3. The molecule has 1 aromatic carbocycles. The fraction of sp³-hybridized carbons (Fsp3) is 0.467. The van der Waals surface area contributed by atoms with Crippen LogP contribution in [0.2, 0.25) is 0 Å². The van der Waals surface area contributed by atoms with E-state index in [9.17, 15) is 14.7 Å². The molecule has 3 rings (SSSR count). The minimum atomic E-state index is -1.43. The molecule has 1 aromatic rings. The summed E-state index contributed by atoms with van der Waals surface area (Å²) >= 11 is 3.42. The van der Waals surface area contributed by atoms with Crippen molar-refractivity contribution < 1.29 is 14.7 Å². The van der Waals surface area contributed by atoms with Gasteiger partial charge in [0.25, 0.3) is 0 Å². The lowest BCUT2D eigenvalue weighted by Gasteiger charge is -2.28. The predicted octanol–water partition coefficient (Wildman–Crippen LogP) is 2.46. The molecule has 0 aliphatic heterocycles. The number of hydrogen-bond acceptors (Lipinski definition) is 3. The van der Waals surface area contributed by atoms with Crippen molar-refractivity contribution >= 4 is 28.0 Å². The lowest BCUT2D eigenvalue weighted by Crippen LogP contribution is -2.44. The van der Waals surface area contributed by atoms with Crippen molar-refractivity contribution in [3.05, 3.63) is 34.3 Å². The molecule has 2 saturated carbocycles. The summed E-state index contributed by atoms with van der Waals surface area (Å²) in [6.07, 6.45) is 2.76. The van der Waals surface area contributed by atoms with E-state index < -0.39 is 11.5 Å². The Morgan fingerprint density at radius 3 is 2.89 bits per heavy atom. The van der Waals surface area contributed by atoms with Crippen molar-refractivity contribution in [2.75, 3.05) is 0 Å². The summed E-state index contributed by atoms with van der Waals surface area (Å²) in [6, 6.07) is 7.69. The normalized spacial score (nSPS) is 37.4. The number of carbonyl (C=O) groups is 2. The zero-order valence-electron chi connectivity index (χ0n) is 10.4. The highest BCUT2D eigenvalue weighted by molar-refractivity contribution is 9.10. The standard InChI is InChI=1S/C15H15BrO3/c16-10-4-1-3-9(7-10)13-11-5-2-6-15(19,14(11)18)12(13)8-17/h1,3-4,7-8,11-13,19H,2,5-6H2/t11-,12+,13-,15-/m0/s1. The maximum absolute atomic E-state index is 12.3. The molecule has 0 saturated heterocycles. The highest BCUT2D eigenvalue weighted by Gasteiger charge is 2.61. The van der Waals surface area contributed by atoms with Gasteiger partial charge in [0.15, 0.2) is 5.78 Å². The van der Waals surface area contributed by atoms with Gasteiger partial charge in [0.2, 0.25) is 0 Å². The second-order valence-electron chi connectivity index (χ2n) is 5.53. The molecule has 0 amide bonds. The molecule has 2 bridgehead atoms. The smallest absolute Gasteiger partial charge is 0.168 e. The van der Waals surface area contributed by atoms with Crippen LogP contribution in [0.25, 0.3) is 0 Å². The van der Waals surface area contributed by atoms with Crippen molar-refractivity contribution in [3.63, 3.8) is 0 Å². The molecule has 2 fully saturated rings. The highest BCUT2D eigenvalue weighted by atomic mass is 79.9. The van der Waals surface area contributed by atoms with Crippen LogP contribution in [-0.2, 0) is 9.59 Å². The number of aldehydes is 1. The molecule has 3 nitrogen and oxygen atoms in total. The van der Waals surface area contributed by atoms with Gasteiger partial charge in [0.05, 0.1) is 5.92 Å². The molecule has 0 spiro atoms. The first-order valence-electron chi connectivity index (χ1n) is 6.55. The monoisotopic (exact) mass is 322 g/mol. The van der Waals surface area contributed by atoms with Crippen LogP contribution >= 0.6 is 15.9 Å². The van der Waals surface area contributed by atoms with Gasteiger partial charge in [-0.3, -0.25) is 4.79 Å². The van der Waals surface area contributed by atoms with E-state index >= 15 is 0 Å². The van der Waals surface area contributed by atoms with Crippen LogP contribution in [0, 0.1) is 11.8 Å². The minimum Gasteiger partial charge on any atom is -0.381 e. The summed E-state index contributed by atoms with van der Waals surface area (Å²) < 4.78 is 0.926. The van der Waals surface area contributed by atoms with Gasteiger partial charge in [-0.15, -0.1) is 0 Å². The molecule has 0 unspecified atom stereocenters. The number of hydrogen-bond donors (Lipinski definition) is 1. The Kier molecular flexibility index (Phi) is 3.10. The summed E-state index contributed by atoms with van der Waals surface area (Å²) in [5.41, 5.74) is -0.472. The first-order chi connectivity index (χ1) is 9.08. The van der Waals surface area contributed by atoms with Gasteiger partial charge in [-0.2, -0.15) is 0 Å². The predicted molar refractivity (Wildman–Crippen MR) is 73.7 cm³/mol. The maximum Gasteiger partial charge on any atom is 0.168 e. The largest absolute Gasteiger partial charge is 0.381 e. The quantitative estimate of drug-likeness (QED) is 0.851. The molecule has 4 heteroatoms. The van der Waals surface area contributed by atoms with Crippen LogP contribution in [0.5, 0.6) is 0 Å². The summed E-state index contributed by atoms with van der Waals surface area (Å²) in [5.74, 6) is -1.15. The van der Waals surface area contributed by atoms with E-state index in [0.29, 0.717) is 6.42 Å². The molecular weight excluding hydrogens is 308 g/mol. The zero-order valence-corrected chi connectivity index (χ0v) is 12.0. The van der Waals surface area contributed by atoms with Crippen LogP contribution in [0.4, 0.5) is 0 Å². The molecule has 19 heavy (non-hydrogen) atoms. The second-order valence-corrected chi connectivity index (χ2v) is 6.45. The van der Waals surface area contributed by atoms with Gasteiger partial charge in [0, 0.05) is 16.3 Å². The van der Waals surface area contributed by atoms with Crippen molar-refractivity contribution in [1.82, 2.24) is 0 Å². The number of aliphatic hydroxyl groups is 1. The Balaban J connectivity index is 2.10. The SMILES string of the molecule is O=C[C@@H]1[C@@H](c2cccc(Br)c2)[C@@H]2CCC[C@@]1(O)C2=O. The molecule has 100 valence electrons. The van der Waals surface area contributed by atoms with E-state index in [1.54, 1.807) is 0 Å². The number of Topliss-reactive ketones (excluding diaryl/α,β-unsaturated/α-hetero) is 1. The number of fused-ring (bicyclic) bond motifs is 2. The van der Waals surface area contributed by atoms with E-state index in [1.165, 1.54) is 0 Å². The Hall–Kier alpha value is -1.00. The van der Waals surface area contributed by atoms with Gasteiger partial charge >= 0.3 is 0 Å². The molecule has 4 atom stereocenters. The van der Waals surface area contributed by atoms with Crippen LogP contribution in [0.15, 0.2) is 28.7 Å². The van der Waals surface area contributed by atoms with Crippen LogP contribution < -0.4 is 0 Å². The lowest BCUT2D eigenvalue weighted by molar-refractivity contribution is -0.145. The summed E-state index contributed by atoms with van der Waals surface area (Å²) in [7, 11) is 0. The van der Waals surface area contributed by atoms with Crippen LogP contribution in [0.1, 0.15) is 30.7 Å². The van der Waals surface area contributed by atoms with Gasteiger partial charge in [-0.05, 0) is 37.0 Å². The summed E-state index contributed by atoms with van der Waals surface area (Å²) in [5, 5.41) is 10.6. The van der Waals surface area contributed by atoms with E-state index in [4.69, 9.17) is 0 Å². The average molecular weight is 323 g/mol. The molecular formula is C15H15BrO3. The number of benzene rings is 1. The fourth-order valence-corrected chi connectivity index (χ4v) is 4.16. The number of rotatable bonds is 2. The number of ketones is 1. The van der Waals surface area contributed by atoms with Crippen molar-refractivity contribution in [1.29, 1.82) is 0 Å². The van der Waals surface area contributed by atoms with Crippen LogP contribution in [0.3, 0.4) is 0 Å². The minimum absolute atomic E-state index is 0.138. The third-order valence-corrected chi connectivity index (χ3v) is 5.08. The molecule has 2 aliphatic carbocycles. The van der Waals surface area contributed by atoms with Gasteiger partial charge in [0.1, 0.15) is 11.9 Å². The number of carbonyl (C=O) groups excluding carboxylic acids is 2. The molecule has 0 heterocycles. The zero-order chi connectivity index (χ0) is 13.6. The fourth-order valence-electron chi connectivity index (χ4n) is 3.74. The first-order valence-corrected chi connectivity index (χ1v) is 7.34. The van der Waals surface area contributed by atoms with E-state index in [2.05, 4.69) is 15.9 Å². The lowest BCUT2D eigenvalue weighted by atomic mass is 9.82. The topological polar surface area (TPSA) is 54.4 Å². The number of halogens is 1. The van der Waals surface area contributed by atoms with E-state index in [1.807, 2.05) is 24.3 Å². The molecule has 1 N–H and O–H groups in total. The average Bonchev–Trinajstić information content (AvgIpc) is 2.52. The van der Waals surface area contributed by atoms with Crippen molar-refractivity contribution in [2.45, 2.75) is 30.8 Å². The van der Waals surface area contributed by atoms with Crippen molar-refractivity contribution in [2.24, 2.45) is 11.8 Å². The van der Waals surface area contributed by atoms with Gasteiger partial charge < -0.3 is 9.90 Å². The Morgan fingerprint density at radius 1 is 1.42 bits per heavy atom. The Morgan fingerprint density at radius 2 is 2.21 bits per heavy atom. The highest BCUT2D eigenvalue weighted by Crippen LogP contribution is 2.53. The first kappa shape index (κ1) is 13.0. The van der Waals surface area contributed by atoms with Crippen molar-refractivity contribution in [3.8, 4) is 0 Å². The molecule has 2 aliphatic rings. The third kappa shape index (κ3) is 1.81. The second kappa shape index (κ2) is 4.53. The molecule has 0 radical (unpaired) electrons. The van der Waals surface area contributed by atoms with Crippen LogP contribution in [-0.4, -0.2) is 22.8 Å². The van der Waals surface area contributed by atoms with Gasteiger partial charge in [-0.1, -0.05) is 28.1 Å². The molecule has 0 aromatic heterocycles.